The lowest BCUT2D eigenvalue weighted by Gasteiger charge is -2.12. The molecule has 0 aromatic rings. The van der Waals surface area contributed by atoms with Crippen molar-refractivity contribution in [2.24, 2.45) is 0 Å². The molecule has 0 rings (SSSR count). The quantitative estimate of drug-likeness (QED) is 0.444. The largest absolute Gasteiger partial charge is 0.379 e. The third-order valence-electron chi connectivity index (χ3n) is 2.32. The van der Waals surface area contributed by atoms with Crippen molar-refractivity contribution in [2.75, 3.05) is 13.2 Å². The van der Waals surface area contributed by atoms with Gasteiger partial charge < -0.3 is 10.1 Å². The number of ether oxygens (including phenoxy) is 1. The molecule has 0 saturated carbocycles. The van der Waals surface area contributed by atoms with E-state index < -0.39 is 0 Å². The molecule has 0 aliphatic rings. The third-order valence-corrected chi connectivity index (χ3v) is 2.32. The maximum absolute atomic E-state index is 5.47. The Morgan fingerprint density at radius 3 is 2.60 bits per heavy atom. The fourth-order valence-corrected chi connectivity index (χ4v) is 1.36. The molecule has 15 heavy (non-hydrogen) atoms. The fraction of sp³-hybridized carbons (Fsp3) is 0.846. The highest BCUT2D eigenvalue weighted by Gasteiger charge is 1.99. The van der Waals surface area contributed by atoms with Crippen LogP contribution in [-0.2, 0) is 4.74 Å². The summed E-state index contributed by atoms with van der Waals surface area (Å²) in [4.78, 5) is 0. The fourth-order valence-electron chi connectivity index (χ4n) is 1.36. The number of hydrogen-bond donors (Lipinski definition) is 1. The van der Waals surface area contributed by atoms with E-state index in [0.29, 0.717) is 12.1 Å². The van der Waals surface area contributed by atoms with Crippen LogP contribution in [0.1, 0.15) is 46.5 Å². The molecule has 0 heterocycles. The molecule has 1 unspecified atom stereocenters. The van der Waals surface area contributed by atoms with Crippen molar-refractivity contribution in [2.45, 2.75) is 58.6 Å². The van der Waals surface area contributed by atoms with Crippen molar-refractivity contribution in [1.29, 1.82) is 0 Å². The molecule has 0 aromatic heterocycles. The molecule has 0 amide bonds. The first-order chi connectivity index (χ1) is 7.16. The molecule has 0 bridgehead atoms. The van der Waals surface area contributed by atoms with Crippen molar-refractivity contribution in [3.63, 3.8) is 0 Å². The molecule has 2 heteroatoms. The summed E-state index contributed by atoms with van der Waals surface area (Å²) < 4.78 is 5.47. The molecule has 1 N–H and O–H groups in total. The van der Waals surface area contributed by atoms with Gasteiger partial charge in [-0.1, -0.05) is 6.08 Å². The minimum Gasteiger partial charge on any atom is -0.379 e. The lowest BCUT2D eigenvalue weighted by Crippen LogP contribution is -2.26. The van der Waals surface area contributed by atoms with Gasteiger partial charge in [-0.15, -0.1) is 6.58 Å². The molecule has 0 aliphatic carbocycles. The van der Waals surface area contributed by atoms with Crippen LogP contribution in [0.2, 0.25) is 0 Å². The van der Waals surface area contributed by atoms with Crippen LogP contribution >= 0.6 is 0 Å². The monoisotopic (exact) mass is 213 g/mol. The van der Waals surface area contributed by atoms with Crippen LogP contribution in [-0.4, -0.2) is 25.3 Å². The topological polar surface area (TPSA) is 21.3 Å². The van der Waals surface area contributed by atoms with Gasteiger partial charge in [-0.05, 0) is 53.0 Å². The number of unbranched alkanes of at least 4 members (excludes halogenated alkanes) is 1. The number of hydrogen-bond acceptors (Lipinski definition) is 2. The molecule has 0 fully saturated rings. The molecule has 0 aromatic carbocycles. The van der Waals surface area contributed by atoms with Gasteiger partial charge >= 0.3 is 0 Å². The highest BCUT2D eigenvalue weighted by molar-refractivity contribution is 4.70. The highest BCUT2D eigenvalue weighted by Crippen LogP contribution is 1.98. The molecule has 90 valence electrons. The Bertz CT molecular complexity index is 145. The van der Waals surface area contributed by atoms with Crippen LogP contribution in [0.3, 0.4) is 0 Å². The van der Waals surface area contributed by atoms with Crippen molar-refractivity contribution in [3.05, 3.63) is 12.7 Å². The summed E-state index contributed by atoms with van der Waals surface area (Å²) in [7, 11) is 0. The Kier molecular flexibility index (Phi) is 9.96. The lowest BCUT2D eigenvalue weighted by molar-refractivity contribution is 0.0759. The average Bonchev–Trinajstić information content (AvgIpc) is 2.19. The summed E-state index contributed by atoms with van der Waals surface area (Å²) in [6, 6.07) is 0.606. The van der Waals surface area contributed by atoms with Crippen LogP contribution in [0, 0.1) is 0 Å². The Balaban J connectivity index is 3.12. The Morgan fingerprint density at radius 2 is 2.00 bits per heavy atom. The normalized spacial score (nSPS) is 13.1. The maximum Gasteiger partial charge on any atom is 0.0518 e. The van der Waals surface area contributed by atoms with Gasteiger partial charge in [-0.25, -0.2) is 0 Å². The van der Waals surface area contributed by atoms with Gasteiger partial charge in [0, 0.05) is 12.6 Å². The van der Waals surface area contributed by atoms with E-state index in [9.17, 15) is 0 Å². The van der Waals surface area contributed by atoms with E-state index in [1.165, 1.54) is 12.8 Å². The third kappa shape index (κ3) is 11.6. The standard InChI is InChI=1S/C13H27NO/c1-5-6-9-13(4)14-10-7-8-11-15-12(2)3/h5,12-14H,1,6-11H2,2-4H3. The molecule has 1 atom stereocenters. The minimum atomic E-state index is 0.365. The van der Waals surface area contributed by atoms with Gasteiger partial charge in [0.05, 0.1) is 6.10 Å². The second-order valence-corrected chi connectivity index (χ2v) is 4.35. The second-order valence-electron chi connectivity index (χ2n) is 4.35. The van der Waals surface area contributed by atoms with E-state index in [-0.39, 0.29) is 0 Å². The van der Waals surface area contributed by atoms with Gasteiger partial charge in [-0.2, -0.15) is 0 Å². The maximum atomic E-state index is 5.47. The van der Waals surface area contributed by atoms with Crippen LogP contribution in [0.4, 0.5) is 0 Å². The van der Waals surface area contributed by atoms with Crippen LogP contribution < -0.4 is 5.32 Å². The van der Waals surface area contributed by atoms with E-state index in [2.05, 4.69) is 32.7 Å². The number of rotatable bonds is 10. The first kappa shape index (κ1) is 14.7. The predicted octanol–water partition coefficient (Wildman–Crippen LogP) is 3.14. The predicted molar refractivity (Wildman–Crippen MR) is 67.2 cm³/mol. The van der Waals surface area contributed by atoms with Gasteiger partial charge in [-0.3, -0.25) is 0 Å². The Morgan fingerprint density at radius 1 is 1.27 bits per heavy atom. The zero-order valence-electron chi connectivity index (χ0n) is 10.6. The lowest BCUT2D eigenvalue weighted by atomic mass is 10.2. The van der Waals surface area contributed by atoms with Crippen LogP contribution in [0.5, 0.6) is 0 Å². The molecule has 0 saturated heterocycles. The summed E-state index contributed by atoms with van der Waals surface area (Å²) in [6.07, 6.45) is 6.99. The van der Waals surface area contributed by atoms with Gasteiger partial charge in [0.1, 0.15) is 0 Å². The molecule has 0 aliphatic heterocycles. The second kappa shape index (κ2) is 10.2. The van der Waals surface area contributed by atoms with Crippen LogP contribution in [0.15, 0.2) is 12.7 Å². The van der Waals surface area contributed by atoms with E-state index in [1.54, 1.807) is 0 Å². The van der Waals surface area contributed by atoms with E-state index in [0.717, 1.165) is 26.0 Å². The Labute approximate surface area is 95.1 Å². The zero-order chi connectivity index (χ0) is 11.5. The molecule has 0 spiro atoms. The molecular weight excluding hydrogens is 186 g/mol. The zero-order valence-corrected chi connectivity index (χ0v) is 10.6. The SMILES string of the molecule is C=CCCC(C)NCCCCOC(C)C. The summed E-state index contributed by atoms with van der Waals surface area (Å²) in [6.45, 7) is 12.1. The summed E-state index contributed by atoms with van der Waals surface area (Å²) >= 11 is 0. The van der Waals surface area contributed by atoms with E-state index in [1.807, 2.05) is 6.08 Å². The number of allylic oxidation sites excluding steroid dienone is 1. The number of nitrogens with one attached hydrogen (secondary N) is 1. The Hall–Kier alpha value is -0.340. The van der Waals surface area contributed by atoms with E-state index >= 15 is 0 Å². The molecule has 2 nitrogen and oxygen atoms in total. The summed E-state index contributed by atoms with van der Waals surface area (Å²) in [5.41, 5.74) is 0. The summed E-state index contributed by atoms with van der Waals surface area (Å²) in [5.74, 6) is 0. The average molecular weight is 213 g/mol. The van der Waals surface area contributed by atoms with Crippen molar-refractivity contribution >= 4 is 0 Å². The summed E-state index contributed by atoms with van der Waals surface area (Å²) in [5, 5.41) is 3.50. The van der Waals surface area contributed by atoms with Crippen molar-refractivity contribution in [1.82, 2.24) is 5.32 Å². The van der Waals surface area contributed by atoms with Crippen LogP contribution in [0.25, 0.3) is 0 Å². The smallest absolute Gasteiger partial charge is 0.0518 e. The van der Waals surface area contributed by atoms with Crippen molar-refractivity contribution in [3.8, 4) is 0 Å². The first-order valence-electron chi connectivity index (χ1n) is 6.12. The van der Waals surface area contributed by atoms with Gasteiger partial charge in [0.15, 0.2) is 0 Å². The van der Waals surface area contributed by atoms with E-state index in [4.69, 9.17) is 4.74 Å². The minimum absolute atomic E-state index is 0.365. The van der Waals surface area contributed by atoms with Crippen molar-refractivity contribution < 1.29 is 4.74 Å². The molecular formula is C13H27NO. The van der Waals surface area contributed by atoms with Gasteiger partial charge in [0.2, 0.25) is 0 Å². The highest BCUT2D eigenvalue weighted by atomic mass is 16.5. The molecule has 0 radical (unpaired) electrons. The first-order valence-corrected chi connectivity index (χ1v) is 6.12. The van der Waals surface area contributed by atoms with Gasteiger partial charge in [0.25, 0.3) is 0 Å².